The zero-order valence-electron chi connectivity index (χ0n) is 10.8. The van der Waals surface area contributed by atoms with Crippen LogP contribution in [-0.4, -0.2) is 25.8 Å². The summed E-state index contributed by atoms with van der Waals surface area (Å²) < 4.78 is 26.8. The number of hydrogen-bond donors (Lipinski definition) is 1. The number of nitrogens with two attached hydrogens (primary N) is 1. The van der Waals surface area contributed by atoms with Gasteiger partial charge in [-0.25, -0.2) is 8.42 Å². The van der Waals surface area contributed by atoms with Crippen LogP contribution in [0.3, 0.4) is 0 Å². The van der Waals surface area contributed by atoms with Crippen molar-refractivity contribution in [2.75, 3.05) is 13.1 Å². The van der Waals surface area contributed by atoms with Gasteiger partial charge in [0.15, 0.2) is 0 Å². The van der Waals surface area contributed by atoms with Gasteiger partial charge in [0.05, 0.1) is 5.02 Å². The Hall–Kier alpha value is -0.620. The van der Waals surface area contributed by atoms with Gasteiger partial charge in [0.1, 0.15) is 4.90 Å². The molecule has 1 aromatic rings. The Morgan fingerprint density at radius 1 is 1.16 bits per heavy atom. The first-order valence-corrected chi connectivity index (χ1v) is 8.36. The molecule has 0 aliphatic carbocycles. The third kappa shape index (κ3) is 3.28. The summed E-state index contributed by atoms with van der Waals surface area (Å²) in [6.07, 6.45) is 3.99. The lowest BCUT2D eigenvalue weighted by molar-refractivity contribution is 0.423. The summed E-state index contributed by atoms with van der Waals surface area (Å²) in [5.74, 6) is 0. The van der Waals surface area contributed by atoms with E-state index in [9.17, 15) is 8.42 Å². The molecule has 0 radical (unpaired) electrons. The standard InChI is InChI=1S/C13H19ClN2O2S/c14-12-6-5-11(10-15)9-13(12)19(17,18)16-7-3-1-2-4-8-16/h5-6,9H,1-4,7-8,10,15H2. The summed E-state index contributed by atoms with van der Waals surface area (Å²) in [7, 11) is -3.50. The minimum Gasteiger partial charge on any atom is -0.326 e. The maximum absolute atomic E-state index is 12.6. The molecule has 0 spiro atoms. The van der Waals surface area contributed by atoms with Gasteiger partial charge in [0.2, 0.25) is 10.0 Å². The third-order valence-corrected chi connectivity index (χ3v) is 5.79. The molecule has 1 saturated heterocycles. The SMILES string of the molecule is NCc1ccc(Cl)c(S(=O)(=O)N2CCCCCC2)c1. The zero-order valence-corrected chi connectivity index (χ0v) is 12.4. The van der Waals surface area contributed by atoms with Crippen molar-refractivity contribution >= 4 is 21.6 Å². The van der Waals surface area contributed by atoms with Crippen molar-refractivity contribution in [1.82, 2.24) is 4.31 Å². The van der Waals surface area contributed by atoms with Crippen LogP contribution in [0.4, 0.5) is 0 Å². The fourth-order valence-corrected chi connectivity index (χ4v) is 4.34. The number of hydrogen-bond acceptors (Lipinski definition) is 3. The molecular formula is C13H19ClN2O2S. The van der Waals surface area contributed by atoms with E-state index in [2.05, 4.69) is 0 Å². The van der Waals surface area contributed by atoms with Crippen molar-refractivity contribution in [3.8, 4) is 0 Å². The van der Waals surface area contributed by atoms with Crippen molar-refractivity contribution in [3.63, 3.8) is 0 Å². The predicted molar refractivity (Wildman–Crippen MR) is 76.6 cm³/mol. The first kappa shape index (κ1) is 14.8. The van der Waals surface area contributed by atoms with Gasteiger partial charge in [0.25, 0.3) is 0 Å². The first-order valence-electron chi connectivity index (χ1n) is 6.54. The van der Waals surface area contributed by atoms with E-state index in [0.717, 1.165) is 31.2 Å². The molecule has 1 aliphatic rings. The van der Waals surface area contributed by atoms with Crippen LogP contribution >= 0.6 is 11.6 Å². The van der Waals surface area contributed by atoms with Crippen molar-refractivity contribution in [1.29, 1.82) is 0 Å². The van der Waals surface area contributed by atoms with Crippen LogP contribution in [-0.2, 0) is 16.6 Å². The Labute approximate surface area is 119 Å². The van der Waals surface area contributed by atoms with E-state index in [0.29, 0.717) is 19.6 Å². The highest BCUT2D eigenvalue weighted by Gasteiger charge is 2.27. The molecular weight excluding hydrogens is 284 g/mol. The molecule has 6 heteroatoms. The lowest BCUT2D eigenvalue weighted by Gasteiger charge is -2.21. The number of rotatable bonds is 3. The molecule has 0 aromatic heterocycles. The average Bonchev–Trinajstić information content (AvgIpc) is 2.68. The summed E-state index contributed by atoms with van der Waals surface area (Å²) in [5, 5.41) is 0.265. The van der Waals surface area contributed by atoms with Crippen LogP contribution in [0.25, 0.3) is 0 Å². The van der Waals surface area contributed by atoms with Crippen LogP contribution in [0.2, 0.25) is 5.02 Å². The first-order chi connectivity index (χ1) is 9.05. The molecule has 1 aromatic carbocycles. The average molecular weight is 303 g/mol. The van der Waals surface area contributed by atoms with E-state index in [1.54, 1.807) is 22.5 Å². The number of benzene rings is 1. The molecule has 1 aliphatic heterocycles. The predicted octanol–water partition coefficient (Wildman–Crippen LogP) is 2.36. The second-order valence-electron chi connectivity index (χ2n) is 4.79. The van der Waals surface area contributed by atoms with Gasteiger partial charge in [-0.15, -0.1) is 0 Å². The molecule has 0 bridgehead atoms. The minimum absolute atomic E-state index is 0.180. The van der Waals surface area contributed by atoms with Gasteiger partial charge < -0.3 is 5.73 Å². The van der Waals surface area contributed by atoms with E-state index >= 15 is 0 Å². The topological polar surface area (TPSA) is 63.4 Å². The third-order valence-electron chi connectivity index (χ3n) is 3.41. The van der Waals surface area contributed by atoms with Crippen molar-refractivity contribution in [2.45, 2.75) is 37.1 Å². The van der Waals surface area contributed by atoms with E-state index in [1.165, 1.54) is 0 Å². The van der Waals surface area contributed by atoms with Crippen molar-refractivity contribution in [2.24, 2.45) is 5.73 Å². The van der Waals surface area contributed by atoms with E-state index < -0.39 is 10.0 Å². The molecule has 106 valence electrons. The van der Waals surface area contributed by atoms with Crippen LogP contribution < -0.4 is 5.73 Å². The lowest BCUT2D eigenvalue weighted by atomic mass is 10.2. The van der Waals surface area contributed by atoms with Gasteiger partial charge in [0, 0.05) is 19.6 Å². The van der Waals surface area contributed by atoms with E-state index in [-0.39, 0.29) is 9.92 Å². The molecule has 0 atom stereocenters. The molecule has 0 saturated carbocycles. The van der Waals surface area contributed by atoms with Gasteiger partial charge in [-0.2, -0.15) is 4.31 Å². The normalized spacial score (nSPS) is 18.2. The highest BCUT2D eigenvalue weighted by molar-refractivity contribution is 7.89. The fraction of sp³-hybridized carbons (Fsp3) is 0.538. The zero-order chi connectivity index (χ0) is 13.9. The quantitative estimate of drug-likeness (QED) is 0.932. The molecule has 0 unspecified atom stereocenters. The fourth-order valence-electron chi connectivity index (χ4n) is 2.29. The summed E-state index contributed by atoms with van der Waals surface area (Å²) in [6.45, 7) is 1.46. The second kappa shape index (κ2) is 6.22. The van der Waals surface area contributed by atoms with Crippen LogP contribution in [0.15, 0.2) is 23.1 Å². The van der Waals surface area contributed by atoms with E-state index in [1.807, 2.05) is 0 Å². The van der Waals surface area contributed by atoms with Crippen LogP contribution in [0, 0.1) is 0 Å². The minimum atomic E-state index is -3.50. The summed E-state index contributed by atoms with van der Waals surface area (Å²) in [4.78, 5) is 0.180. The highest BCUT2D eigenvalue weighted by atomic mass is 35.5. The Morgan fingerprint density at radius 3 is 2.37 bits per heavy atom. The Bertz CT molecular complexity index is 538. The maximum atomic E-state index is 12.6. The van der Waals surface area contributed by atoms with Gasteiger partial charge in [-0.3, -0.25) is 0 Å². The smallest absolute Gasteiger partial charge is 0.244 e. The molecule has 0 amide bonds. The summed E-state index contributed by atoms with van der Waals surface area (Å²) in [5.41, 5.74) is 6.34. The maximum Gasteiger partial charge on any atom is 0.244 e. The van der Waals surface area contributed by atoms with Crippen LogP contribution in [0.1, 0.15) is 31.2 Å². The number of nitrogens with zero attached hydrogens (tertiary/aromatic N) is 1. The van der Waals surface area contributed by atoms with Crippen molar-refractivity contribution in [3.05, 3.63) is 28.8 Å². The number of sulfonamides is 1. The molecule has 4 nitrogen and oxygen atoms in total. The highest BCUT2D eigenvalue weighted by Crippen LogP contribution is 2.27. The number of halogens is 1. The molecule has 1 fully saturated rings. The van der Waals surface area contributed by atoms with Crippen LogP contribution in [0.5, 0.6) is 0 Å². The molecule has 19 heavy (non-hydrogen) atoms. The summed E-state index contributed by atoms with van der Waals surface area (Å²) in [6, 6.07) is 4.95. The van der Waals surface area contributed by atoms with Gasteiger partial charge >= 0.3 is 0 Å². The second-order valence-corrected chi connectivity index (χ2v) is 7.10. The van der Waals surface area contributed by atoms with Gasteiger partial charge in [-0.05, 0) is 30.5 Å². The largest absolute Gasteiger partial charge is 0.326 e. The molecule has 2 rings (SSSR count). The Morgan fingerprint density at radius 2 is 1.79 bits per heavy atom. The van der Waals surface area contributed by atoms with Gasteiger partial charge in [-0.1, -0.05) is 30.5 Å². The molecule has 2 N–H and O–H groups in total. The Kier molecular flexibility index (Phi) is 4.84. The monoisotopic (exact) mass is 302 g/mol. The molecule has 1 heterocycles. The van der Waals surface area contributed by atoms with Crippen molar-refractivity contribution < 1.29 is 8.42 Å². The Balaban J connectivity index is 2.37. The summed E-state index contributed by atoms with van der Waals surface area (Å²) >= 11 is 6.05. The lowest BCUT2D eigenvalue weighted by Crippen LogP contribution is -2.32. The van der Waals surface area contributed by atoms with E-state index in [4.69, 9.17) is 17.3 Å².